The second-order valence-electron chi connectivity index (χ2n) is 9.63. The normalized spacial score (nSPS) is 11.4. The summed E-state index contributed by atoms with van der Waals surface area (Å²) in [6.07, 6.45) is 1.68. The van der Waals surface area contributed by atoms with Crippen LogP contribution in [0, 0.1) is 27.7 Å². The van der Waals surface area contributed by atoms with Crippen molar-refractivity contribution in [2.75, 3.05) is 13.2 Å². The molecular formula is C32H33N3O5. The molecule has 0 saturated heterocycles. The lowest BCUT2D eigenvalue weighted by atomic mass is 10.0. The standard InChI is InChI=1S/C32H33N3O5/c1-6-27(36)32(38)40-15-7-14-39-23-10-13-26(28(37)18-23)31-34-29(24-11-8-19(2)16-21(24)4)33-30(35-31)25-12-9-20(3)17-22(25)5/h6,8-13,16-18,36-37H,7,14-15H2,1-5H3. The van der Waals surface area contributed by atoms with Gasteiger partial charge >= 0.3 is 5.97 Å². The number of allylic oxidation sites excluding steroid dienone is 1. The van der Waals surface area contributed by atoms with Crippen molar-refractivity contribution < 1.29 is 24.5 Å². The molecule has 40 heavy (non-hydrogen) atoms. The van der Waals surface area contributed by atoms with Crippen molar-refractivity contribution in [1.29, 1.82) is 0 Å². The zero-order valence-corrected chi connectivity index (χ0v) is 23.4. The predicted octanol–water partition coefficient (Wildman–Crippen LogP) is 6.59. The van der Waals surface area contributed by atoms with E-state index in [0.717, 1.165) is 33.4 Å². The van der Waals surface area contributed by atoms with Crippen molar-refractivity contribution >= 4 is 5.97 Å². The van der Waals surface area contributed by atoms with E-state index in [9.17, 15) is 15.0 Å². The summed E-state index contributed by atoms with van der Waals surface area (Å²) < 4.78 is 10.7. The molecule has 4 aromatic rings. The maximum Gasteiger partial charge on any atom is 0.373 e. The van der Waals surface area contributed by atoms with Crippen molar-refractivity contribution in [1.82, 2.24) is 15.0 Å². The SMILES string of the molecule is CC=C(O)C(=O)OCCCOc1ccc(-c2nc(-c3ccc(C)cc3C)nc(-c3ccc(C)cc3C)n2)c(O)c1. The van der Waals surface area contributed by atoms with Gasteiger partial charge in [-0.2, -0.15) is 0 Å². The highest BCUT2D eigenvalue weighted by Gasteiger charge is 2.17. The molecule has 0 saturated carbocycles. The summed E-state index contributed by atoms with van der Waals surface area (Å²) in [6, 6.07) is 17.2. The highest BCUT2D eigenvalue weighted by atomic mass is 16.5. The van der Waals surface area contributed by atoms with Gasteiger partial charge in [-0.05, 0) is 64.0 Å². The predicted molar refractivity (Wildman–Crippen MR) is 154 cm³/mol. The van der Waals surface area contributed by atoms with Gasteiger partial charge in [0.1, 0.15) is 11.5 Å². The van der Waals surface area contributed by atoms with E-state index in [-0.39, 0.29) is 19.0 Å². The number of nitrogens with zero attached hydrogens (tertiary/aromatic N) is 3. The van der Waals surface area contributed by atoms with Crippen LogP contribution in [0.15, 0.2) is 66.4 Å². The third-order valence-corrected chi connectivity index (χ3v) is 6.36. The number of phenols is 1. The summed E-state index contributed by atoms with van der Waals surface area (Å²) in [5.74, 6) is 0.600. The minimum Gasteiger partial charge on any atom is -0.507 e. The fraction of sp³-hybridized carbons (Fsp3) is 0.250. The number of aromatic nitrogens is 3. The van der Waals surface area contributed by atoms with Gasteiger partial charge in [-0.15, -0.1) is 0 Å². The number of hydrogen-bond acceptors (Lipinski definition) is 8. The average Bonchev–Trinajstić information content (AvgIpc) is 2.92. The van der Waals surface area contributed by atoms with Crippen molar-refractivity contribution in [3.05, 3.63) is 88.7 Å². The molecule has 0 bridgehead atoms. The Morgan fingerprint density at radius 2 is 1.30 bits per heavy atom. The number of carbonyl (C=O) groups is 1. The first-order valence-electron chi connectivity index (χ1n) is 13.1. The van der Waals surface area contributed by atoms with Crippen LogP contribution in [0.2, 0.25) is 0 Å². The van der Waals surface area contributed by atoms with Crippen molar-refractivity contribution in [3.63, 3.8) is 0 Å². The number of aromatic hydroxyl groups is 1. The minimum atomic E-state index is -0.776. The van der Waals surface area contributed by atoms with Gasteiger partial charge in [0.15, 0.2) is 23.2 Å². The largest absolute Gasteiger partial charge is 0.507 e. The molecule has 0 amide bonds. The summed E-state index contributed by atoms with van der Waals surface area (Å²) in [6.45, 7) is 10.0. The van der Waals surface area contributed by atoms with Crippen LogP contribution in [0.4, 0.5) is 0 Å². The first kappa shape index (κ1) is 28.3. The van der Waals surface area contributed by atoms with E-state index < -0.39 is 11.7 Å². The first-order valence-corrected chi connectivity index (χ1v) is 13.1. The van der Waals surface area contributed by atoms with Gasteiger partial charge in [-0.25, -0.2) is 19.7 Å². The smallest absolute Gasteiger partial charge is 0.373 e. The molecule has 0 fully saturated rings. The Morgan fingerprint density at radius 3 is 1.80 bits per heavy atom. The highest BCUT2D eigenvalue weighted by molar-refractivity contribution is 5.85. The third-order valence-electron chi connectivity index (χ3n) is 6.36. The molecule has 0 atom stereocenters. The number of phenolic OH excluding ortho intramolecular Hbond substituents is 1. The van der Waals surface area contributed by atoms with Crippen molar-refractivity contribution in [3.8, 4) is 45.7 Å². The van der Waals surface area contributed by atoms with Crippen LogP contribution >= 0.6 is 0 Å². The Morgan fingerprint density at radius 1 is 0.775 bits per heavy atom. The van der Waals surface area contributed by atoms with Crippen LogP contribution in [-0.2, 0) is 9.53 Å². The van der Waals surface area contributed by atoms with E-state index in [1.54, 1.807) is 19.1 Å². The molecule has 0 aliphatic heterocycles. The number of esters is 1. The van der Waals surface area contributed by atoms with Crippen LogP contribution in [0.3, 0.4) is 0 Å². The lowest BCUT2D eigenvalue weighted by Gasteiger charge is -2.13. The van der Waals surface area contributed by atoms with E-state index in [1.165, 1.54) is 12.1 Å². The topological polar surface area (TPSA) is 115 Å². The van der Waals surface area contributed by atoms with E-state index in [2.05, 4.69) is 12.1 Å². The van der Waals surface area contributed by atoms with Gasteiger partial charge in [0.2, 0.25) is 0 Å². The molecule has 8 nitrogen and oxygen atoms in total. The molecule has 0 unspecified atom stereocenters. The van der Waals surface area contributed by atoms with Gasteiger partial charge in [0, 0.05) is 23.6 Å². The lowest BCUT2D eigenvalue weighted by Crippen LogP contribution is -2.10. The fourth-order valence-corrected chi connectivity index (χ4v) is 4.26. The average molecular weight is 540 g/mol. The minimum absolute atomic E-state index is 0.0358. The molecule has 8 heteroatoms. The van der Waals surface area contributed by atoms with E-state index in [1.807, 2.05) is 52.0 Å². The van der Waals surface area contributed by atoms with Crippen LogP contribution < -0.4 is 4.74 Å². The van der Waals surface area contributed by atoms with Crippen LogP contribution in [0.5, 0.6) is 11.5 Å². The number of hydrogen-bond donors (Lipinski definition) is 2. The fourth-order valence-electron chi connectivity index (χ4n) is 4.26. The van der Waals surface area contributed by atoms with Gasteiger partial charge in [-0.3, -0.25) is 0 Å². The van der Waals surface area contributed by atoms with E-state index >= 15 is 0 Å². The van der Waals surface area contributed by atoms with E-state index in [0.29, 0.717) is 35.2 Å². The Labute approximate surface area is 234 Å². The van der Waals surface area contributed by atoms with Crippen LogP contribution in [0.1, 0.15) is 35.6 Å². The van der Waals surface area contributed by atoms with Gasteiger partial charge in [-0.1, -0.05) is 47.5 Å². The summed E-state index contributed by atoms with van der Waals surface area (Å²) >= 11 is 0. The molecule has 0 radical (unpaired) electrons. The van der Waals surface area contributed by atoms with Crippen molar-refractivity contribution in [2.24, 2.45) is 0 Å². The molecule has 3 aromatic carbocycles. The number of benzene rings is 3. The molecule has 1 heterocycles. The quantitative estimate of drug-likeness (QED) is 0.106. The Hall–Kier alpha value is -4.72. The molecule has 1 aromatic heterocycles. The number of aryl methyl sites for hydroxylation is 4. The Kier molecular flexibility index (Phi) is 8.79. The monoisotopic (exact) mass is 539 g/mol. The van der Waals surface area contributed by atoms with Crippen molar-refractivity contribution in [2.45, 2.75) is 41.0 Å². The van der Waals surface area contributed by atoms with Gasteiger partial charge in [0.25, 0.3) is 0 Å². The van der Waals surface area contributed by atoms with Crippen LogP contribution in [-0.4, -0.2) is 44.3 Å². The first-order chi connectivity index (χ1) is 19.2. The Balaban J connectivity index is 1.62. The highest BCUT2D eigenvalue weighted by Crippen LogP contribution is 2.34. The molecule has 2 N–H and O–H groups in total. The number of rotatable bonds is 9. The molecule has 0 spiro atoms. The zero-order valence-electron chi connectivity index (χ0n) is 23.4. The number of ether oxygens (including phenoxy) is 2. The summed E-state index contributed by atoms with van der Waals surface area (Å²) in [5, 5.41) is 20.3. The summed E-state index contributed by atoms with van der Waals surface area (Å²) in [4.78, 5) is 25.8. The second kappa shape index (κ2) is 12.4. The van der Waals surface area contributed by atoms with Crippen LogP contribution in [0.25, 0.3) is 34.2 Å². The zero-order chi connectivity index (χ0) is 28.8. The summed E-state index contributed by atoms with van der Waals surface area (Å²) in [5.41, 5.74) is 6.61. The maximum atomic E-state index is 11.5. The molecule has 0 aliphatic carbocycles. The number of aliphatic hydroxyl groups excluding tert-OH is 1. The molecule has 4 rings (SSSR count). The summed E-state index contributed by atoms with van der Waals surface area (Å²) in [7, 11) is 0. The molecular weight excluding hydrogens is 506 g/mol. The Bertz CT molecular complexity index is 1510. The van der Waals surface area contributed by atoms with Gasteiger partial charge < -0.3 is 19.7 Å². The molecule has 206 valence electrons. The van der Waals surface area contributed by atoms with Gasteiger partial charge in [0.05, 0.1) is 18.8 Å². The lowest BCUT2D eigenvalue weighted by molar-refractivity contribution is -0.142. The maximum absolute atomic E-state index is 11.5. The second-order valence-corrected chi connectivity index (χ2v) is 9.63. The molecule has 0 aliphatic rings. The van der Waals surface area contributed by atoms with E-state index in [4.69, 9.17) is 24.4 Å². The third kappa shape index (κ3) is 6.64. The number of aliphatic hydroxyl groups is 1. The number of carbonyl (C=O) groups excluding carboxylic acids is 1.